The van der Waals surface area contributed by atoms with Crippen molar-refractivity contribution in [2.24, 2.45) is 5.92 Å². The number of nitrogens with one attached hydrogen (secondary N) is 2. The van der Waals surface area contributed by atoms with Crippen LogP contribution in [0.15, 0.2) is 72.8 Å². The number of fused-ring (bicyclic) bond motifs is 1. The summed E-state index contributed by atoms with van der Waals surface area (Å²) in [7, 11) is 1.62. The van der Waals surface area contributed by atoms with Crippen LogP contribution in [0.25, 0.3) is 0 Å². The van der Waals surface area contributed by atoms with Gasteiger partial charge in [-0.15, -0.1) is 0 Å². The van der Waals surface area contributed by atoms with Crippen LogP contribution in [0.5, 0.6) is 11.5 Å². The molecule has 0 aromatic heterocycles. The van der Waals surface area contributed by atoms with E-state index >= 15 is 0 Å². The molecule has 3 N–H and O–H groups in total. The van der Waals surface area contributed by atoms with Crippen LogP contribution >= 0.6 is 0 Å². The first kappa shape index (κ1) is 22.9. The lowest BCUT2D eigenvalue weighted by Crippen LogP contribution is -2.41. The standard InChI is InChI=1S/C27H27N3O5/c1-3-35-27(33)17-7-11-19(12-8-17)30-25(18-5-4-6-20(31)15-18)22-23(28-29-24(22)26(30)32)16-9-13-21(34-2)14-10-16/h4-15,22-25,28-29,31H,3H2,1-2H3. The normalized spacial score (nSPS) is 23.3. The maximum Gasteiger partial charge on any atom is 0.338 e. The highest BCUT2D eigenvalue weighted by molar-refractivity contribution is 6.02. The van der Waals surface area contributed by atoms with Crippen molar-refractivity contribution in [2.75, 3.05) is 18.6 Å². The van der Waals surface area contributed by atoms with Crippen LogP contribution in [-0.2, 0) is 9.53 Å². The molecule has 2 aliphatic rings. The van der Waals surface area contributed by atoms with E-state index in [0.717, 1.165) is 16.9 Å². The second-order valence-corrected chi connectivity index (χ2v) is 8.61. The topological polar surface area (TPSA) is 100 Å². The summed E-state index contributed by atoms with van der Waals surface area (Å²) in [6, 6.07) is 20.6. The molecule has 4 unspecified atom stereocenters. The van der Waals surface area contributed by atoms with Crippen LogP contribution in [0.2, 0.25) is 0 Å². The van der Waals surface area contributed by atoms with Crippen LogP contribution in [-0.4, -0.2) is 36.7 Å². The Hall–Kier alpha value is -3.88. The number of aromatic hydroxyl groups is 1. The number of benzene rings is 3. The third-order valence-corrected chi connectivity index (χ3v) is 6.65. The summed E-state index contributed by atoms with van der Waals surface area (Å²) in [6.45, 7) is 2.05. The van der Waals surface area contributed by atoms with Crippen molar-refractivity contribution >= 4 is 17.6 Å². The van der Waals surface area contributed by atoms with E-state index in [2.05, 4.69) is 10.9 Å². The zero-order chi connectivity index (χ0) is 24.5. The molecule has 35 heavy (non-hydrogen) atoms. The molecule has 2 heterocycles. The third-order valence-electron chi connectivity index (χ3n) is 6.65. The number of rotatable bonds is 6. The lowest BCUT2D eigenvalue weighted by molar-refractivity contribution is -0.119. The maximum atomic E-state index is 13.7. The fourth-order valence-electron chi connectivity index (χ4n) is 5.07. The second kappa shape index (κ2) is 9.40. The molecule has 1 amide bonds. The van der Waals surface area contributed by atoms with Crippen LogP contribution in [0.1, 0.15) is 40.5 Å². The van der Waals surface area contributed by atoms with Crippen LogP contribution in [0.4, 0.5) is 5.69 Å². The van der Waals surface area contributed by atoms with Gasteiger partial charge < -0.3 is 19.5 Å². The van der Waals surface area contributed by atoms with Crippen LogP contribution in [0.3, 0.4) is 0 Å². The molecule has 8 nitrogen and oxygen atoms in total. The molecule has 180 valence electrons. The Morgan fingerprint density at radius 2 is 1.69 bits per heavy atom. The third kappa shape index (κ3) is 4.11. The summed E-state index contributed by atoms with van der Waals surface area (Å²) in [6.07, 6.45) is 0. The molecule has 0 spiro atoms. The summed E-state index contributed by atoms with van der Waals surface area (Å²) < 4.78 is 10.4. The number of carbonyl (C=O) groups is 2. The number of hydrazine groups is 1. The first-order valence-electron chi connectivity index (χ1n) is 11.6. The second-order valence-electron chi connectivity index (χ2n) is 8.61. The molecule has 0 aliphatic carbocycles. The van der Waals surface area contributed by atoms with E-state index in [4.69, 9.17) is 9.47 Å². The molecule has 3 aromatic carbocycles. The number of methoxy groups -OCH3 is 1. The molecule has 0 bridgehead atoms. The number of nitrogens with zero attached hydrogens (tertiary/aromatic N) is 1. The van der Waals surface area contributed by atoms with Crippen LogP contribution < -0.4 is 20.5 Å². The van der Waals surface area contributed by atoms with E-state index in [1.807, 2.05) is 30.3 Å². The minimum atomic E-state index is -0.473. The Balaban J connectivity index is 1.55. The average Bonchev–Trinajstić information content (AvgIpc) is 3.43. The largest absolute Gasteiger partial charge is 0.508 e. The van der Waals surface area contributed by atoms with Crippen molar-refractivity contribution in [1.29, 1.82) is 0 Å². The van der Waals surface area contributed by atoms with E-state index in [1.54, 1.807) is 61.4 Å². The lowest BCUT2D eigenvalue weighted by atomic mass is 9.83. The number of ether oxygens (including phenoxy) is 2. The number of esters is 1. The van der Waals surface area contributed by atoms with Crippen molar-refractivity contribution in [3.8, 4) is 11.5 Å². The zero-order valence-corrected chi connectivity index (χ0v) is 19.5. The van der Waals surface area contributed by atoms with Gasteiger partial charge in [-0.25, -0.2) is 15.6 Å². The van der Waals surface area contributed by atoms with Crippen LogP contribution in [0, 0.1) is 5.92 Å². The van der Waals surface area contributed by atoms with Crippen molar-refractivity contribution < 1.29 is 24.2 Å². The van der Waals surface area contributed by atoms with Crippen molar-refractivity contribution in [1.82, 2.24) is 10.9 Å². The highest BCUT2D eigenvalue weighted by Gasteiger charge is 2.56. The molecule has 2 fully saturated rings. The Morgan fingerprint density at radius 1 is 0.971 bits per heavy atom. The minimum absolute atomic E-state index is 0.0873. The van der Waals surface area contributed by atoms with E-state index in [9.17, 15) is 14.7 Å². The number of hydrogen-bond acceptors (Lipinski definition) is 7. The molecule has 3 aromatic rings. The van der Waals surface area contributed by atoms with Gasteiger partial charge in [0.05, 0.1) is 31.4 Å². The molecule has 5 rings (SSSR count). The predicted molar refractivity (Wildman–Crippen MR) is 130 cm³/mol. The van der Waals surface area contributed by atoms with Gasteiger partial charge in [0.1, 0.15) is 17.5 Å². The van der Waals surface area contributed by atoms with E-state index in [0.29, 0.717) is 17.9 Å². The molecule has 0 saturated carbocycles. The summed E-state index contributed by atoms with van der Waals surface area (Å²) in [4.78, 5) is 27.6. The van der Waals surface area contributed by atoms with Gasteiger partial charge in [-0.2, -0.15) is 0 Å². The van der Waals surface area contributed by atoms with E-state index in [1.165, 1.54) is 0 Å². The molecular formula is C27H27N3O5. The summed E-state index contributed by atoms with van der Waals surface area (Å²) in [5.74, 6) is 0.235. The minimum Gasteiger partial charge on any atom is -0.508 e. The average molecular weight is 474 g/mol. The quantitative estimate of drug-likeness (QED) is 0.471. The molecule has 8 heteroatoms. The fraction of sp³-hybridized carbons (Fsp3) is 0.259. The van der Waals surface area contributed by atoms with Gasteiger partial charge in [-0.1, -0.05) is 24.3 Å². The van der Waals surface area contributed by atoms with Crippen molar-refractivity contribution in [2.45, 2.75) is 25.0 Å². The van der Waals surface area contributed by atoms with E-state index < -0.39 is 12.0 Å². The molecule has 4 atom stereocenters. The Morgan fingerprint density at radius 3 is 2.34 bits per heavy atom. The number of hydrogen-bond donors (Lipinski definition) is 3. The summed E-state index contributed by atoms with van der Waals surface area (Å²) in [5, 5.41) is 10.2. The molecule has 2 saturated heterocycles. The van der Waals surface area contributed by atoms with Gasteiger partial charge in [-0.3, -0.25) is 4.79 Å². The Labute approximate surface area is 203 Å². The van der Waals surface area contributed by atoms with Gasteiger partial charge in [0, 0.05) is 11.6 Å². The first-order chi connectivity index (χ1) is 17.0. The SMILES string of the molecule is CCOC(=O)c1ccc(N2C(=O)C3NNC(c4ccc(OC)cc4)C3C2c2cccc(O)c2)cc1. The van der Waals surface area contributed by atoms with Crippen molar-refractivity contribution in [3.63, 3.8) is 0 Å². The number of phenolic OH excluding ortho intramolecular Hbond substituents is 1. The smallest absolute Gasteiger partial charge is 0.338 e. The van der Waals surface area contributed by atoms with E-state index in [-0.39, 0.29) is 29.7 Å². The number of phenols is 1. The number of amides is 1. The predicted octanol–water partition coefficient (Wildman–Crippen LogP) is 3.50. The lowest BCUT2D eigenvalue weighted by Gasteiger charge is -2.31. The Kier molecular flexibility index (Phi) is 6.15. The van der Waals surface area contributed by atoms with Gasteiger partial charge in [-0.05, 0) is 66.6 Å². The zero-order valence-electron chi connectivity index (χ0n) is 19.5. The summed E-state index contributed by atoms with van der Waals surface area (Å²) >= 11 is 0. The molecule has 2 aliphatic heterocycles. The highest BCUT2D eigenvalue weighted by atomic mass is 16.5. The van der Waals surface area contributed by atoms with Gasteiger partial charge >= 0.3 is 5.97 Å². The highest BCUT2D eigenvalue weighted by Crippen LogP contribution is 2.49. The number of carbonyl (C=O) groups excluding carboxylic acids is 2. The monoisotopic (exact) mass is 473 g/mol. The summed E-state index contributed by atoms with van der Waals surface area (Å²) in [5.41, 5.74) is 9.43. The van der Waals surface area contributed by atoms with Gasteiger partial charge in [0.15, 0.2) is 0 Å². The fourth-order valence-corrected chi connectivity index (χ4v) is 5.07. The molecular weight excluding hydrogens is 446 g/mol. The maximum absolute atomic E-state index is 13.7. The number of anilines is 1. The van der Waals surface area contributed by atoms with Crippen molar-refractivity contribution in [3.05, 3.63) is 89.5 Å². The Bertz CT molecular complexity index is 1230. The van der Waals surface area contributed by atoms with Gasteiger partial charge in [0.25, 0.3) is 0 Å². The van der Waals surface area contributed by atoms with Gasteiger partial charge in [0.2, 0.25) is 5.91 Å². The molecule has 0 radical (unpaired) electrons. The first-order valence-corrected chi connectivity index (χ1v) is 11.6.